The summed E-state index contributed by atoms with van der Waals surface area (Å²) in [5.41, 5.74) is 0. The fourth-order valence-electron chi connectivity index (χ4n) is 10.9. The van der Waals surface area contributed by atoms with Gasteiger partial charge in [0.1, 0.15) is 13.2 Å². The lowest BCUT2D eigenvalue weighted by Gasteiger charge is -2.25. The molecular weight excluding hydrogens is 1030 g/mol. The number of phosphoric ester groups is 1. The summed E-state index contributed by atoms with van der Waals surface area (Å²) in [6.45, 7) is 4.85. The summed E-state index contributed by atoms with van der Waals surface area (Å²) in [7, 11) is 1.57. The lowest BCUT2D eigenvalue weighted by molar-refractivity contribution is -0.870. The third kappa shape index (κ3) is 66.0. The van der Waals surface area contributed by atoms with Crippen molar-refractivity contribution in [3.8, 4) is 0 Å². The maximum Gasteiger partial charge on any atom is 0.472 e. The van der Waals surface area contributed by atoms with E-state index >= 15 is 0 Å². The van der Waals surface area contributed by atoms with E-state index in [1.165, 1.54) is 295 Å². The molecule has 0 saturated heterocycles. The van der Waals surface area contributed by atoms with Crippen LogP contribution in [0.3, 0.4) is 0 Å². The van der Waals surface area contributed by atoms with Gasteiger partial charge < -0.3 is 19.8 Å². The zero-order valence-corrected chi connectivity index (χ0v) is 56.4. The maximum absolute atomic E-state index is 13.1. The Morgan fingerprint density at radius 2 is 0.707 bits per heavy atom. The number of allylic oxidation sites excluding steroid dienone is 7. The summed E-state index contributed by atoms with van der Waals surface area (Å²) in [5, 5.41) is 14.0. The van der Waals surface area contributed by atoms with Crippen molar-refractivity contribution < 1.29 is 32.9 Å². The van der Waals surface area contributed by atoms with Crippen molar-refractivity contribution in [2.45, 2.75) is 373 Å². The van der Waals surface area contributed by atoms with Crippen LogP contribution in [-0.4, -0.2) is 73.4 Å². The van der Waals surface area contributed by atoms with Crippen LogP contribution in [0.15, 0.2) is 48.6 Å². The zero-order valence-electron chi connectivity index (χ0n) is 55.5. The second kappa shape index (κ2) is 63.9. The Morgan fingerprint density at radius 1 is 0.415 bits per heavy atom. The van der Waals surface area contributed by atoms with Gasteiger partial charge in [-0.15, -0.1) is 0 Å². The minimum atomic E-state index is -4.36. The molecule has 0 radical (unpaired) electrons. The Hall–Kier alpha value is -1.54. The Bertz CT molecular complexity index is 1480. The molecular formula is C73H142N2O6P+. The number of phosphoric acid groups is 1. The summed E-state index contributed by atoms with van der Waals surface area (Å²) in [5.74, 6) is -0.181. The molecule has 82 heavy (non-hydrogen) atoms. The number of carbonyl (C=O) groups is 1. The van der Waals surface area contributed by atoms with Crippen LogP contribution < -0.4 is 5.32 Å². The molecule has 0 saturated carbocycles. The number of carbonyl (C=O) groups excluding carboxylic acids is 1. The first-order valence-corrected chi connectivity index (χ1v) is 37.5. The maximum atomic E-state index is 13.1. The van der Waals surface area contributed by atoms with Gasteiger partial charge in [0.25, 0.3) is 0 Å². The second-order valence-electron chi connectivity index (χ2n) is 26.0. The van der Waals surface area contributed by atoms with Gasteiger partial charge in [-0.25, -0.2) is 4.57 Å². The molecule has 0 rings (SSSR count). The molecule has 484 valence electrons. The normalized spacial score (nSPS) is 13.9. The van der Waals surface area contributed by atoms with Crippen molar-refractivity contribution in [1.29, 1.82) is 0 Å². The van der Waals surface area contributed by atoms with E-state index in [9.17, 15) is 19.4 Å². The van der Waals surface area contributed by atoms with Crippen molar-refractivity contribution in [2.75, 3.05) is 40.9 Å². The minimum absolute atomic E-state index is 0.0569. The number of quaternary nitrogens is 1. The average molecular weight is 1170 g/mol. The largest absolute Gasteiger partial charge is 0.472 e. The molecule has 0 heterocycles. The van der Waals surface area contributed by atoms with Gasteiger partial charge in [-0.1, -0.05) is 339 Å². The number of aliphatic hydroxyl groups excluding tert-OH is 1. The van der Waals surface area contributed by atoms with Crippen molar-refractivity contribution in [1.82, 2.24) is 5.32 Å². The smallest absolute Gasteiger partial charge is 0.387 e. The molecule has 3 atom stereocenters. The Balaban J connectivity index is 4.05. The van der Waals surface area contributed by atoms with Crippen molar-refractivity contribution in [2.24, 2.45) is 0 Å². The first-order chi connectivity index (χ1) is 40.0. The highest BCUT2D eigenvalue weighted by Crippen LogP contribution is 2.43. The predicted molar refractivity (Wildman–Crippen MR) is 360 cm³/mol. The SMILES string of the molecule is CCCCCCCCCCCCC/C=C\C/C=C\CCCCCCCCCCCCCCCCCCCC(=O)NC(COP(=O)(O)OCC[N+](C)(C)C)C(O)/C=C/CC/C=C/CCCCCCCCCCCCCCCCCCCCC. The van der Waals surface area contributed by atoms with E-state index < -0.39 is 20.0 Å². The third-order valence-corrected chi connectivity index (χ3v) is 17.5. The lowest BCUT2D eigenvalue weighted by atomic mass is 10.0. The van der Waals surface area contributed by atoms with E-state index in [1.807, 2.05) is 27.2 Å². The molecule has 0 spiro atoms. The quantitative estimate of drug-likeness (QED) is 0.0243. The van der Waals surface area contributed by atoms with Crippen molar-refractivity contribution >= 4 is 13.7 Å². The average Bonchev–Trinajstić information content (AvgIpc) is 3.45. The third-order valence-electron chi connectivity index (χ3n) is 16.5. The van der Waals surface area contributed by atoms with E-state index in [-0.39, 0.29) is 19.1 Å². The van der Waals surface area contributed by atoms with Crippen LogP contribution in [0, 0.1) is 0 Å². The zero-order chi connectivity index (χ0) is 59.8. The molecule has 9 heteroatoms. The molecule has 0 aliphatic rings. The monoisotopic (exact) mass is 1170 g/mol. The van der Waals surface area contributed by atoms with E-state index in [2.05, 4.69) is 55.6 Å². The molecule has 0 aromatic carbocycles. The van der Waals surface area contributed by atoms with Gasteiger partial charge in [-0.3, -0.25) is 13.8 Å². The summed E-state index contributed by atoms with van der Waals surface area (Å²) in [6, 6.07) is -0.865. The van der Waals surface area contributed by atoms with Crippen LogP contribution in [0.1, 0.15) is 361 Å². The highest BCUT2D eigenvalue weighted by molar-refractivity contribution is 7.47. The fourth-order valence-corrected chi connectivity index (χ4v) is 11.7. The summed E-state index contributed by atoms with van der Waals surface area (Å²) < 4.78 is 23.8. The van der Waals surface area contributed by atoms with E-state index in [0.29, 0.717) is 17.4 Å². The first kappa shape index (κ1) is 80.5. The van der Waals surface area contributed by atoms with Crippen LogP contribution in [0.2, 0.25) is 0 Å². The molecule has 0 fully saturated rings. The van der Waals surface area contributed by atoms with Crippen molar-refractivity contribution in [3.63, 3.8) is 0 Å². The molecule has 0 bridgehead atoms. The van der Waals surface area contributed by atoms with E-state index in [4.69, 9.17) is 9.05 Å². The highest BCUT2D eigenvalue weighted by atomic mass is 31.2. The van der Waals surface area contributed by atoms with Crippen LogP contribution in [0.25, 0.3) is 0 Å². The summed E-state index contributed by atoms with van der Waals surface area (Å²) in [6.07, 6.45) is 87.0. The van der Waals surface area contributed by atoms with Crippen LogP contribution >= 0.6 is 7.82 Å². The van der Waals surface area contributed by atoms with Gasteiger partial charge in [0, 0.05) is 6.42 Å². The molecule has 0 aliphatic carbocycles. The van der Waals surface area contributed by atoms with Crippen LogP contribution in [0.4, 0.5) is 0 Å². The number of unbranched alkanes of at least 4 members (excludes halogenated alkanes) is 48. The van der Waals surface area contributed by atoms with Gasteiger partial charge in [-0.05, 0) is 64.2 Å². The molecule has 8 nitrogen and oxygen atoms in total. The fraction of sp³-hybridized carbons (Fsp3) is 0.877. The number of nitrogens with zero attached hydrogens (tertiary/aromatic N) is 1. The summed E-state index contributed by atoms with van der Waals surface area (Å²) in [4.78, 5) is 23.4. The van der Waals surface area contributed by atoms with Crippen LogP contribution in [0.5, 0.6) is 0 Å². The number of nitrogens with one attached hydrogen (secondary N) is 1. The first-order valence-electron chi connectivity index (χ1n) is 36.0. The molecule has 3 N–H and O–H groups in total. The number of amides is 1. The van der Waals surface area contributed by atoms with Crippen molar-refractivity contribution in [3.05, 3.63) is 48.6 Å². The predicted octanol–water partition coefficient (Wildman–Crippen LogP) is 23.0. The molecule has 0 aromatic heterocycles. The molecule has 3 unspecified atom stereocenters. The topological polar surface area (TPSA) is 105 Å². The molecule has 0 aliphatic heterocycles. The summed E-state index contributed by atoms with van der Waals surface area (Å²) >= 11 is 0. The van der Waals surface area contributed by atoms with Gasteiger partial charge in [-0.2, -0.15) is 0 Å². The highest BCUT2D eigenvalue weighted by Gasteiger charge is 2.28. The number of hydrogen-bond acceptors (Lipinski definition) is 5. The number of aliphatic hydroxyl groups is 1. The molecule has 1 amide bonds. The van der Waals surface area contributed by atoms with E-state index in [1.54, 1.807) is 6.08 Å². The lowest BCUT2D eigenvalue weighted by Crippen LogP contribution is -2.45. The minimum Gasteiger partial charge on any atom is -0.387 e. The standard InChI is InChI=1S/C73H141N2O6P/c1-6-8-10-12-14-16-18-20-22-24-26-28-30-32-33-34-35-36-37-38-39-40-41-43-45-47-49-51-53-55-57-59-61-63-65-67-73(77)74-71(70-81-82(78,79)80-69-68-75(3,4)5)72(76)66-64-62-60-58-56-54-52-50-48-46-44-42-31-29-27-25-23-21-19-17-15-13-11-9-7-2/h30,32,34-35,56,58,64,66,71-72,76H,6-29,31,33,36-55,57,59-63,65,67-70H2,1-5H3,(H-,74,77,78,79)/p+1/b32-30-,35-34-,58-56+,66-64+. The van der Waals surface area contributed by atoms with Crippen LogP contribution in [-0.2, 0) is 18.4 Å². The van der Waals surface area contributed by atoms with Gasteiger partial charge in [0.2, 0.25) is 5.91 Å². The number of rotatable bonds is 67. The van der Waals surface area contributed by atoms with Gasteiger partial charge in [0.05, 0.1) is 39.9 Å². The Morgan fingerprint density at radius 3 is 1.05 bits per heavy atom. The number of hydrogen-bond donors (Lipinski definition) is 3. The second-order valence-corrected chi connectivity index (χ2v) is 27.4. The van der Waals surface area contributed by atoms with Gasteiger partial charge in [0.15, 0.2) is 0 Å². The van der Waals surface area contributed by atoms with Gasteiger partial charge >= 0.3 is 7.82 Å². The Kier molecular flexibility index (Phi) is 62.7. The Labute approximate surface area is 511 Å². The molecule has 0 aromatic rings. The number of likely N-dealkylation sites (N-methyl/N-ethyl adjacent to an activating group) is 1. The van der Waals surface area contributed by atoms with E-state index in [0.717, 1.165) is 44.9 Å².